The molecule has 1 aromatic carbocycles. The number of aromatic hydroxyl groups is 2. The van der Waals surface area contributed by atoms with E-state index in [2.05, 4.69) is 5.32 Å². The van der Waals surface area contributed by atoms with Gasteiger partial charge in [0.2, 0.25) is 0 Å². The van der Waals surface area contributed by atoms with Gasteiger partial charge >= 0.3 is 0 Å². The lowest BCUT2D eigenvalue weighted by atomic mass is 10.1. The third-order valence-corrected chi connectivity index (χ3v) is 3.10. The lowest BCUT2D eigenvalue weighted by Gasteiger charge is -2.15. The molecule has 1 rings (SSSR count). The highest BCUT2D eigenvalue weighted by molar-refractivity contribution is 7.84. The van der Waals surface area contributed by atoms with Crippen LogP contribution in [0.2, 0.25) is 0 Å². The van der Waals surface area contributed by atoms with E-state index < -0.39 is 10.8 Å². The third kappa shape index (κ3) is 3.83. The molecule has 5 heteroatoms. The second-order valence-electron chi connectivity index (χ2n) is 3.70. The highest BCUT2D eigenvalue weighted by atomic mass is 32.2. The van der Waals surface area contributed by atoms with E-state index in [1.807, 2.05) is 6.92 Å². The first-order chi connectivity index (χ1) is 7.50. The van der Waals surface area contributed by atoms with Gasteiger partial charge in [-0.1, -0.05) is 0 Å². The van der Waals surface area contributed by atoms with Gasteiger partial charge in [-0.25, -0.2) is 0 Å². The molecule has 0 amide bonds. The molecule has 0 saturated carbocycles. The van der Waals surface area contributed by atoms with Gasteiger partial charge in [0.05, 0.1) is 0 Å². The SMILES string of the molecule is CC(NCCS(C)=O)c1cc(O)ccc1O. The van der Waals surface area contributed by atoms with Crippen molar-refractivity contribution in [1.29, 1.82) is 0 Å². The van der Waals surface area contributed by atoms with E-state index in [1.165, 1.54) is 18.2 Å². The molecule has 0 heterocycles. The number of benzene rings is 1. The average Bonchev–Trinajstić information content (AvgIpc) is 2.21. The lowest BCUT2D eigenvalue weighted by Crippen LogP contribution is -2.23. The van der Waals surface area contributed by atoms with Crippen LogP contribution in [0.15, 0.2) is 18.2 Å². The fraction of sp³-hybridized carbons (Fsp3) is 0.455. The Hall–Kier alpha value is -1.07. The number of rotatable bonds is 5. The largest absolute Gasteiger partial charge is 0.508 e. The smallest absolute Gasteiger partial charge is 0.120 e. The second-order valence-corrected chi connectivity index (χ2v) is 5.25. The Morgan fingerprint density at radius 3 is 2.75 bits per heavy atom. The molecule has 0 aliphatic rings. The van der Waals surface area contributed by atoms with Crippen LogP contribution >= 0.6 is 0 Å². The fourth-order valence-corrected chi connectivity index (χ4v) is 1.82. The van der Waals surface area contributed by atoms with Crippen molar-refractivity contribution in [2.45, 2.75) is 13.0 Å². The number of hydrogen-bond acceptors (Lipinski definition) is 4. The topological polar surface area (TPSA) is 69.6 Å². The molecule has 0 aliphatic carbocycles. The average molecular weight is 243 g/mol. The van der Waals surface area contributed by atoms with Gasteiger partial charge in [0.25, 0.3) is 0 Å². The molecule has 90 valence electrons. The van der Waals surface area contributed by atoms with Crippen molar-refractivity contribution >= 4 is 10.8 Å². The third-order valence-electron chi connectivity index (χ3n) is 2.32. The van der Waals surface area contributed by atoms with Gasteiger partial charge in [-0.15, -0.1) is 0 Å². The highest BCUT2D eigenvalue weighted by Crippen LogP contribution is 2.27. The molecule has 0 fully saturated rings. The number of phenols is 2. The van der Waals surface area contributed by atoms with Crippen LogP contribution in [0.5, 0.6) is 11.5 Å². The van der Waals surface area contributed by atoms with Crippen LogP contribution in [0.4, 0.5) is 0 Å². The Balaban J connectivity index is 2.61. The maximum absolute atomic E-state index is 10.9. The van der Waals surface area contributed by atoms with E-state index in [0.29, 0.717) is 17.9 Å². The summed E-state index contributed by atoms with van der Waals surface area (Å²) in [6.45, 7) is 2.49. The summed E-state index contributed by atoms with van der Waals surface area (Å²) in [4.78, 5) is 0. The van der Waals surface area contributed by atoms with Gasteiger partial charge < -0.3 is 15.5 Å². The Kier molecular flexibility index (Phi) is 4.76. The fourth-order valence-electron chi connectivity index (χ4n) is 1.42. The van der Waals surface area contributed by atoms with Gasteiger partial charge in [0.15, 0.2) is 0 Å². The molecule has 0 aliphatic heterocycles. The van der Waals surface area contributed by atoms with E-state index >= 15 is 0 Å². The van der Waals surface area contributed by atoms with E-state index in [1.54, 1.807) is 6.26 Å². The highest BCUT2D eigenvalue weighted by Gasteiger charge is 2.10. The molecule has 0 radical (unpaired) electrons. The van der Waals surface area contributed by atoms with Crippen LogP contribution in [-0.4, -0.2) is 33.0 Å². The van der Waals surface area contributed by atoms with Crippen LogP contribution < -0.4 is 5.32 Å². The van der Waals surface area contributed by atoms with E-state index in [9.17, 15) is 14.4 Å². The van der Waals surface area contributed by atoms with Gasteiger partial charge in [-0.2, -0.15) is 0 Å². The Labute approximate surface area is 97.8 Å². The predicted molar refractivity (Wildman–Crippen MR) is 65.1 cm³/mol. The standard InChI is InChI=1S/C11H17NO3S/c1-8(12-5-6-16(2)15)10-7-9(13)3-4-11(10)14/h3-4,7-8,12-14H,5-6H2,1-2H3. The zero-order valence-electron chi connectivity index (χ0n) is 9.43. The minimum Gasteiger partial charge on any atom is -0.508 e. The van der Waals surface area contributed by atoms with E-state index in [4.69, 9.17) is 0 Å². The van der Waals surface area contributed by atoms with Gasteiger partial charge in [0.1, 0.15) is 11.5 Å². The van der Waals surface area contributed by atoms with Crippen molar-refractivity contribution in [1.82, 2.24) is 5.32 Å². The van der Waals surface area contributed by atoms with Crippen LogP contribution in [-0.2, 0) is 10.8 Å². The molecule has 3 N–H and O–H groups in total. The summed E-state index contributed by atoms with van der Waals surface area (Å²) in [6, 6.07) is 4.33. The van der Waals surface area contributed by atoms with Crippen LogP contribution in [0.25, 0.3) is 0 Å². The first-order valence-electron chi connectivity index (χ1n) is 5.06. The van der Waals surface area contributed by atoms with Crippen LogP contribution in [0.3, 0.4) is 0 Å². The Bertz CT molecular complexity index is 381. The molecule has 0 aromatic heterocycles. The normalized spacial score (nSPS) is 14.6. The molecule has 2 atom stereocenters. The molecule has 0 bridgehead atoms. The number of nitrogens with one attached hydrogen (secondary N) is 1. The minimum absolute atomic E-state index is 0.0874. The summed E-state index contributed by atoms with van der Waals surface area (Å²) in [5.41, 5.74) is 0.641. The Morgan fingerprint density at radius 2 is 2.12 bits per heavy atom. The number of hydrogen-bond donors (Lipinski definition) is 3. The molecule has 1 aromatic rings. The first-order valence-corrected chi connectivity index (χ1v) is 6.78. The molecule has 4 nitrogen and oxygen atoms in total. The van der Waals surface area contributed by atoms with Crippen molar-refractivity contribution in [3.8, 4) is 11.5 Å². The van der Waals surface area contributed by atoms with E-state index in [0.717, 1.165) is 0 Å². The first kappa shape index (κ1) is 13.0. The summed E-state index contributed by atoms with van der Waals surface area (Å²) in [6.07, 6.45) is 1.65. The predicted octanol–water partition coefficient (Wildman–Crippen LogP) is 1.13. The minimum atomic E-state index is -0.823. The molecular weight excluding hydrogens is 226 g/mol. The zero-order chi connectivity index (χ0) is 12.1. The lowest BCUT2D eigenvalue weighted by molar-refractivity contribution is 0.442. The molecule has 2 unspecified atom stereocenters. The molecular formula is C11H17NO3S. The van der Waals surface area contributed by atoms with Crippen LogP contribution in [0, 0.1) is 0 Å². The summed E-state index contributed by atoms with van der Waals surface area (Å²) >= 11 is 0. The van der Waals surface area contributed by atoms with Crippen molar-refractivity contribution in [3.63, 3.8) is 0 Å². The van der Waals surface area contributed by atoms with Crippen LogP contribution in [0.1, 0.15) is 18.5 Å². The maximum atomic E-state index is 10.9. The zero-order valence-corrected chi connectivity index (χ0v) is 10.3. The number of phenolic OH excluding ortho intramolecular Hbond substituents is 2. The van der Waals surface area contributed by atoms with Crippen molar-refractivity contribution < 1.29 is 14.4 Å². The van der Waals surface area contributed by atoms with Gasteiger partial charge in [-0.05, 0) is 25.1 Å². The van der Waals surface area contributed by atoms with Crippen molar-refractivity contribution in [2.75, 3.05) is 18.6 Å². The monoisotopic (exact) mass is 243 g/mol. The van der Waals surface area contributed by atoms with Crippen molar-refractivity contribution in [3.05, 3.63) is 23.8 Å². The maximum Gasteiger partial charge on any atom is 0.120 e. The molecule has 0 spiro atoms. The molecule has 0 saturated heterocycles. The Morgan fingerprint density at radius 1 is 1.44 bits per heavy atom. The molecule has 16 heavy (non-hydrogen) atoms. The summed E-state index contributed by atoms with van der Waals surface area (Å²) in [5.74, 6) is 0.847. The second kappa shape index (κ2) is 5.86. The summed E-state index contributed by atoms with van der Waals surface area (Å²) in [5, 5.41) is 22.0. The van der Waals surface area contributed by atoms with Gasteiger partial charge in [-0.3, -0.25) is 4.21 Å². The summed E-state index contributed by atoms with van der Waals surface area (Å²) < 4.78 is 10.9. The van der Waals surface area contributed by atoms with Gasteiger partial charge in [0, 0.05) is 41.0 Å². The summed E-state index contributed by atoms with van der Waals surface area (Å²) in [7, 11) is -0.823. The van der Waals surface area contributed by atoms with E-state index in [-0.39, 0.29) is 17.5 Å². The van der Waals surface area contributed by atoms with Crippen molar-refractivity contribution in [2.24, 2.45) is 0 Å². The quantitative estimate of drug-likeness (QED) is 0.678.